The smallest absolute Gasteiger partial charge is 0.289 e. The molecule has 4 heterocycles. The number of carbonyl (C=O) groups excluding carboxylic acids is 2. The normalized spacial score (nSPS) is 14.5. The van der Waals surface area contributed by atoms with E-state index in [4.69, 9.17) is 13.9 Å². The van der Waals surface area contributed by atoms with Crippen molar-refractivity contribution < 1.29 is 23.5 Å². The molecule has 9 heteroatoms. The minimum absolute atomic E-state index is 0.193. The van der Waals surface area contributed by atoms with Crippen LogP contribution in [0.15, 0.2) is 41.0 Å². The molecule has 0 saturated carbocycles. The maximum absolute atomic E-state index is 12.9. The van der Waals surface area contributed by atoms with E-state index < -0.39 is 0 Å². The summed E-state index contributed by atoms with van der Waals surface area (Å²) in [5, 5.41) is 7.33. The zero-order chi connectivity index (χ0) is 20.7. The van der Waals surface area contributed by atoms with E-state index >= 15 is 0 Å². The number of nitrogens with zero attached hydrogens (tertiary/aromatic N) is 3. The molecule has 0 atom stereocenters. The van der Waals surface area contributed by atoms with Gasteiger partial charge >= 0.3 is 0 Å². The maximum atomic E-state index is 12.9. The summed E-state index contributed by atoms with van der Waals surface area (Å²) in [5.74, 6) is 1.18. The molecule has 1 aromatic carbocycles. The molecular weight excluding hydrogens is 388 g/mol. The van der Waals surface area contributed by atoms with Crippen LogP contribution in [0, 0.1) is 0 Å². The molecule has 30 heavy (non-hydrogen) atoms. The van der Waals surface area contributed by atoms with Crippen LogP contribution in [0.4, 0.5) is 0 Å². The van der Waals surface area contributed by atoms with E-state index in [0.717, 1.165) is 16.8 Å². The van der Waals surface area contributed by atoms with Gasteiger partial charge < -0.3 is 24.1 Å². The van der Waals surface area contributed by atoms with E-state index in [-0.39, 0.29) is 24.4 Å². The highest BCUT2D eigenvalue weighted by molar-refractivity contribution is 5.95. The average Bonchev–Trinajstić information content (AvgIpc) is 3.51. The van der Waals surface area contributed by atoms with Crippen molar-refractivity contribution in [3.05, 3.63) is 64.9 Å². The molecule has 3 aromatic rings. The summed E-state index contributed by atoms with van der Waals surface area (Å²) in [7, 11) is 1.82. The Morgan fingerprint density at radius 1 is 1.20 bits per heavy atom. The fourth-order valence-corrected chi connectivity index (χ4v) is 3.82. The Morgan fingerprint density at radius 2 is 2.07 bits per heavy atom. The van der Waals surface area contributed by atoms with Gasteiger partial charge in [-0.05, 0) is 29.8 Å². The second kappa shape index (κ2) is 7.25. The van der Waals surface area contributed by atoms with Crippen LogP contribution in [0.5, 0.6) is 11.5 Å². The van der Waals surface area contributed by atoms with Crippen LogP contribution in [-0.4, -0.2) is 39.8 Å². The van der Waals surface area contributed by atoms with Gasteiger partial charge in [-0.2, -0.15) is 5.10 Å². The monoisotopic (exact) mass is 408 g/mol. The number of fused-ring (bicyclic) bond motifs is 2. The summed E-state index contributed by atoms with van der Waals surface area (Å²) in [6.07, 6.45) is 2.10. The second-order valence-corrected chi connectivity index (χ2v) is 7.22. The SMILES string of the molecule is Cn1nc(C(=O)NCc2ccc3c(c2)OCO3)c2c1CCN(C(=O)c1ccco1)C2. The molecule has 0 spiro atoms. The van der Waals surface area contributed by atoms with Crippen molar-refractivity contribution in [3.63, 3.8) is 0 Å². The molecule has 154 valence electrons. The van der Waals surface area contributed by atoms with Gasteiger partial charge in [0, 0.05) is 37.8 Å². The molecule has 0 aliphatic carbocycles. The Morgan fingerprint density at radius 3 is 2.90 bits per heavy atom. The van der Waals surface area contributed by atoms with Gasteiger partial charge in [-0.25, -0.2) is 0 Å². The summed E-state index contributed by atoms with van der Waals surface area (Å²) >= 11 is 0. The Balaban J connectivity index is 1.32. The van der Waals surface area contributed by atoms with Crippen LogP contribution in [0.1, 0.15) is 37.9 Å². The fraction of sp³-hybridized carbons (Fsp3) is 0.286. The molecule has 1 N–H and O–H groups in total. The molecule has 2 aliphatic rings. The van der Waals surface area contributed by atoms with Gasteiger partial charge in [0.05, 0.1) is 12.8 Å². The summed E-state index contributed by atoms with van der Waals surface area (Å²) in [6, 6.07) is 8.87. The lowest BCUT2D eigenvalue weighted by Crippen LogP contribution is -2.37. The van der Waals surface area contributed by atoms with E-state index in [1.54, 1.807) is 21.7 Å². The third-order valence-electron chi connectivity index (χ3n) is 5.37. The standard InChI is InChI=1S/C21H20N4O5/c1-24-15-6-7-25(21(27)17-3-2-8-28-17)11-14(15)19(23-24)20(26)22-10-13-4-5-16-18(9-13)30-12-29-16/h2-5,8-9H,6-7,10-12H2,1H3,(H,22,26). The Kier molecular flexibility index (Phi) is 4.42. The Hall–Kier alpha value is -3.75. The van der Waals surface area contributed by atoms with Gasteiger partial charge in [0.15, 0.2) is 23.0 Å². The van der Waals surface area contributed by atoms with Crippen molar-refractivity contribution in [2.45, 2.75) is 19.5 Å². The van der Waals surface area contributed by atoms with Crippen molar-refractivity contribution in [1.29, 1.82) is 0 Å². The summed E-state index contributed by atoms with van der Waals surface area (Å²) in [4.78, 5) is 27.2. The molecule has 0 radical (unpaired) electrons. The maximum Gasteiger partial charge on any atom is 0.289 e. The predicted molar refractivity (Wildman–Crippen MR) is 104 cm³/mol. The first kappa shape index (κ1) is 18.3. The first-order valence-corrected chi connectivity index (χ1v) is 9.64. The number of hydrogen-bond acceptors (Lipinski definition) is 6. The largest absolute Gasteiger partial charge is 0.459 e. The summed E-state index contributed by atoms with van der Waals surface area (Å²) in [5.41, 5.74) is 2.97. The van der Waals surface area contributed by atoms with E-state index in [2.05, 4.69) is 10.4 Å². The molecule has 0 unspecified atom stereocenters. The third kappa shape index (κ3) is 3.18. The number of furan rings is 1. The number of amides is 2. The van der Waals surface area contributed by atoms with Crippen molar-refractivity contribution >= 4 is 11.8 Å². The summed E-state index contributed by atoms with van der Waals surface area (Å²) in [6.45, 7) is 1.40. The van der Waals surface area contributed by atoms with Gasteiger partial charge in [0.25, 0.3) is 11.8 Å². The first-order valence-electron chi connectivity index (χ1n) is 9.64. The minimum Gasteiger partial charge on any atom is -0.459 e. The Labute approximate surface area is 172 Å². The average molecular weight is 408 g/mol. The highest BCUT2D eigenvalue weighted by Crippen LogP contribution is 2.32. The van der Waals surface area contributed by atoms with E-state index in [1.165, 1.54) is 6.26 Å². The van der Waals surface area contributed by atoms with Gasteiger partial charge in [-0.3, -0.25) is 14.3 Å². The fourth-order valence-electron chi connectivity index (χ4n) is 3.82. The number of benzene rings is 1. The number of hydrogen-bond donors (Lipinski definition) is 1. The van der Waals surface area contributed by atoms with Crippen molar-refractivity contribution in [1.82, 2.24) is 20.0 Å². The molecule has 2 aromatic heterocycles. The zero-order valence-corrected chi connectivity index (χ0v) is 16.4. The third-order valence-corrected chi connectivity index (χ3v) is 5.37. The lowest BCUT2D eigenvalue weighted by atomic mass is 10.0. The molecule has 0 saturated heterocycles. The molecule has 5 rings (SSSR count). The van der Waals surface area contributed by atoms with Gasteiger partial charge in [-0.15, -0.1) is 0 Å². The molecule has 0 fully saturated rings. The van der Waals surface area contributed by atoms with Crippen molar-refractivity contribution in [2.75, 3.05) is 13.3 Å². The predicted octanol–water partition coefficient (Wildman–Crippen LogP) is 1.87. The van der Waals surface area contributed by atoms with Crippen LogP contribution < -0.4 is 14.8 Å². The van der Waals surface area contributed by atoms with Crippen LogP contribution in [0.2, 0.25) is 0 Å². The summed E-state index contributed by atoms with van der Waals surface area (Å²) < 4.78 is 17.6. The lowest BCUT2D eigenvalue weighted by molar-refractivity contribution is 0.0698. The number of aromatic nitrogens is 2. The van der Waals surface area contributed by atoms with E-state index in [9.17, 15) is 9.59 Å². The van der Waals surface area contributed by atoms with Crippen LogP contribution in [0.25, 0.3) is 0 Å². The Bertz CT molecular complexity index is 1120. The number of rotatable bonds is 4. The molecule has 2 aliphatic heterocycles. The zero-order valence-electron chi connectivity index (χ0n) is 16.4. The van der Waals surface area contributed by atoms with Crippen molar-refractivity contribution in [3.8, 4) is 11.5 Å². The van der Waals surface area contributed by atoms with Crippen LogP contribution in [0.3, 0.4) is 0 Å². The van der Waals surface area contributed by atoms with E-state index in [0.29, 0.717) is 43.2 Å². The van der Waals surface area contributed by atoms with Crippen LogP contribution >= 0.6 is 0 Å². The van der Waals surface area contributed by atoms with E-state index in [1.807, 2.05) is 25.2 Å². The quantitative estimate of drug-likeness (QED) is 0.708. The van der Waals surface area contributed by atoms with Gasteiger partial charge in [0.1, 0.15) is 0 Å². The molecule has 9 nitrogen and oxygen atoms in total. The highest BCUT2D eigenvalue weighted by atomic mass is 16.7. The lowest BCUT2D eigenvalue weighted by Gasteiger charge is -2.26. The van der Waals surface area contributed by atoms with Crippen molar-refractivity contribution in [2.24, 2.45) is 7.05 Å². The number of ether oxygens (including phenoxy) is 2. The number of aryl methyl sites for hydroxylation is 1. The number of nitrogens with one attached hydrogen (secondary N) is 1. The van der Waals surface area contributed by atoms with Gasteiger partial charge in [0.2, 0.25) is 6.79 Å². The first-order chi connectivity index (χ1) is 14.6. The van der Waals surface area contributed by atoms with Crippen LogP contribution in [-0.2, 0) is 26.6 Å². The minimum atomic E-state index is -0.281. The number of carbonyl (C=O) groups is 2. The molecule has 2 amide bonds. The molecular formula is C21H20N4O5. The van der Waals surface area contributed by atoms with Gasteiger partial charge in [-0.1, -0.05) is 6.07 Å². The highest BCUT2D eigenvalue weighted by Gasteiger charge is 2.30. The topological polar surface area (TPSA) is 98.8 Å². The molecule has 0 bridgehead atoms. The second-order valence-electron chi connectivity index (χ2n) is 7.22.